The molecular formula is C35H33F3N6O3. The first-order valence-electron chi connectivity index (χ1n) is 16.1. The van der Waals surface area contributed by atoms with Gasteiger partial charge in [-0.2, -0.15) is 9.97 Å². The van der Waals surface area contributed by atoms with Crippen molar-refractivity contribution in [1.82, 2.24) is 15.3 Å². The minimum atomic E-state index is -1.10. The van der Waals surface area contributed by atoms with Crippen molar-refractivity contribution in [1.29, 1.82) is 0 Å². The SMILES string of the molecule is C#Cc1c(F)ccc2cc(N)cc(-c3c([N+](=O)[O-])cc4c(N5C[C@H]6CC[C@@H](C5)N6)nc(OCC56CCC(F)(CC5)CC6)nc4c3F)c12. The van der Waals surface area contributed by atoms with E-state index in [9.17, 15) is 18.9 Å². The Morgan fingerprint density at radius 1 is 1.09 bits per heavy atom. The van der Waals surface area contributed by atoms with E-state index in [0.29, 0.717) is 62.8 Å². The number of ether oxygens (including phenoxy) is 1. The Kier molecular flexibility index (Phi) is 6.77. The highest BCUT2D eigenvalue weighted by atomic mass is 19.1. The zero-order valence-electron chi connectivity index (χ0n) is 25.6. The molecule has 3 aliphatic carbocycles. The number of nitrogen functional groups attached to an aromatic ring is 1. The van der Waals surface area contributed by atoms with Crippen molar-refractivity contribution >= 4 is 38.9 Å². The van der Waals surface area contributed by atoms with Crippen LogP contribution in [0, 0.1) is 39.5 Å². The van der Waals surface area contributed by atoms with Crippen molar-refractivity contribution < 1.29 is 22.8 Å². The lowest BCUT2D eigenvalue weighted by molar-refractivity contribution is -0.384. The number of rotatable bonds is 6. The molecule has 2 saturated heterocycles. The van der Waals surface area contributed by atoms with E-state index in [1.807, 2.05) is 4.90 Å². The highest BCUT2D eigenvalue weighted by Gasteiger charge is 2.49. The highest BCUT2D eigenvalue weighted by Crippen LogP contribution is 2.54. The summed E-state index contributed by atoms with van der Waals surface area (Å²) in [5.41, 5.74) is 3.76. The third-order valence-electron chi connectivity index (χ3n) is 10.9. The van der Waals surface area contributed by atoms with Gasteiger partial charge in [0, 0.05) is 53.3 Å². The topological polar surface area (TPSA) is 119 Å². The molecule has 9 rings (SSSR count). The van der Waals surface area contributed by atoms with Crippen LogP contribution in [0.15, 0.2) is 30.3 Å². The van der Waals surface area contributed by atoms with Crippen molar-refractivity contribution in [3.63, 3.8) is 0 Å². The van der Waals surface area contributed by atoms with Gasteiger partial charge in [-0.1, -0.05) is 12.0 Å². The number of fused-ring (bicyclic) bond motifs is 7. The molecular weight excluding hydrogens is 609 g/mol. The molecule has 3 heterocycles. The zero-order valence-corrected chi connectivity index (χ0v) is 25.6. The first-order valence-corrected chi connectivity index (χ1v) is 16.1. The lowest BCUT2D eigenvalue weighted by atomic mass is 9.60. The Morgan fingerprint density at radius 3 is 2.45 bits per heavy atom. The number of nitro groups is 1. The van der Waals surface area contributed by atoms with Crippen molar-refractivity contribution in [2.75, 3.05) is 30.3 Å². The fourth-order valence-electron chi connectivity index (χ4n) is 8.31. The summed E-state index contributed by atoms with van der Waals surface area (Å²) < 4.78 is 53.2. The highest BCUT2D eigenvalue weighted by molar-refractivity contribution is 6.07. The van der Waals surface area contributed by atoms with Crippen molar-refractivity contribution in [3.05, 3.63) is 57.6 Å². The summed E-state index contributed by atoms with van der Waals surface area (Å²) in [6.07, 6.45) is 11.2. The summed E-state index contributed by atoms with van der Waals surface area (Å²) >= 11 is 0. The van der Waals surface area contributed by atoms with Crippen LogP contribution in [-0.4, -0.2) is 52.3 Å². The predicted octanol–water partition coefficient (Wildman–Crippen LogP) is 6.58. The number of anilines is 2. The molecule has 12 heteroatoms. The van der Waals surface area contributed by atoms with Gasteiger partial charge in [0.25, 0.3) is 5.69 Å². The summed E-state index contributed by atoms with van der Waals surface area (Å²) in [6.45, 7) is 1.41. The van der Waals surface area contributed by atoms with Crippen LogP contribution in [0.5, 0.6) is 6.01 Å². The van der Waals surface area contributed by atoms with E-state index in [1.54, 1.807) is 6.07 Å². The van der Waals surface area contributed by atoms with Crippen molar-refractivity contribution in [2.45, 2.75) is 69.1 Å². The van der Waals surface area contributed by atoms with Crippen molar-refractivity contribution in [2.24, 2.45) is 5.41 Å². The molecule has 0 amide bonds. The number of terminal acetylenes is 1. The Morgan fingerprint density at radius 2 is 1.79 bits per heavy atom. The van der Waals surface area contributed by atoms with Crippen molar-refractivity contribution in [3.8, 4) is 29.5 Å². The fraction of sp³-hybridized carbons (Fsp3) is 0.429. The normalized spacial score (nSPS) is 26.6. The van der Waals surface area contributed by atoms with Crippen LogP contribution >= 0.6 is 0 Å². The lowest BCUT2D eigenvalue weighted by Gasteiger charge is -2.49. The van der Waals surface area contributed by atoms with Gasteiger partial charge in [0.15, 0.2) is 5.82 Å². The number of benzene rings is 3. The Balaban J connectivity index is 1.33. The molecule has 5 fully saturated rings. The number of hydrogen-bond donors (Lipinski definition) is 2. The number of nitrogens with one attached hydrogen (secondary N) is 1. The van der Waals surface area contributed by atoms with E-state index in [4.69, 9.17) is 21.9 Å². The molecule has 3 N–H and O–H groups in total. The number of nitro benzene ring substituents is 1. The minimum Gasteiger partial charge on any atom is -0.463 e. The first-order chi connectivity index (χ1) is 22.6. The summed E-state index contributed by atoms with van der Waals surface area (Å²) in [5, 5.41) is 16.9. The van der Waals surface area contributed by atoms with E-state index in [2.05, 4.69) is 16.2 Å². The molecule has 4 bridgehead atoms. The number of nitrogens with two attached hydrogens (primary N) is 1. The number of aromatic nitrogens is 2. The molecule has 5 aliphatic rings. The molecule has 4 aromatic rings. The second kappa shape index (κ2) is 10.7. The van der Waals surface area contributed by atoms with E-state index in [0.717, 1.165) is 12.8 Å². The summed E-state index contributed by atoms with van der Waals surface area (Å²) in [5.74, 6) is 0.952. The fourth-order valence-corrected chi connectivity index (χ4v) is 8.31. The van der Waals surface area contributed by atoms with Gasteiger partial charge in [-0.05, 0) is 75.0 Å². The third kappa shape index (κ3) is 4.90. The number of piperazine rings is 1. The first kappa shape index (κ1) is 29.8. The maximum absolute atomic E-state index is 17.1. The summed E-state index contributed by atoms with van der Waals surface area (Å²) in [6, 6.07) is 7.17. The molecule has 47 heavy (non-hydrogen) atoms. The van der Waals surface area contributed by atoms with E-state index in [1.165, 1.54) is 24.3 Å². The number of hydrogen-bond acceptors (Lipinski definition) is 8. The number of alkyl halides is 1. The van der Waals surface area contributed by atoms with E-state index < -0.39 is 33.5 Å². The Hall–Kier alpha value is -4.63. The standard InChI is InChI=1S/C35H33F3N6O3/c1-2-23-26(36)6-3-19-13-20(39)14-24(28(19)23)29-27(44(45)46)15-25-31(30(29)37)41-33(42-32(25)43-16-21-4-5-22(17-43)40-21)47-18-34-7-10-35(38,11-8-34)12-9-34/h1,3,6,13-15,21-22,40H,4-5,7-12,16-18,39H2/t21-,22+,34?,35?. The Bertz CT molecular complexity index is 1990. The van der Waals surface area contributed by atoms with Crippen LogP contribution in [-0.2, 0) is 0 Å². The Labute approximate surface area is 268 Å². The predicted molar refractivity (Wildman–Crippen MR) is 173 cm³/mol. The molecule has 242 valence electrons. The van der Waals surface area contributed by atoms with Crippen LogP contribution in [0.3, 0.4) is 0 Å². The second-order valence-corrected chi connectivity index (χ2v) is 13.8. The van der Waals surface area contributed by atoms with Gasteiger partial charge in [0.05, 0.1) is 28.0 Å². The average molecular weight is 643 g/mol. The van der Waals surface area contributed by atoms with Gasteiger partial charge >= 0.3 is 6.01 Å². The molecule has 0 unspecified atom stereocenters. The largest absolute Gasteiger partial charge is 0.463 e. The number of nitrogens with zero attached hydrogens (tertiary/aromatic N) is 4. The summed E-state index contributed by atoms with van der Waals surface area (Å²) in [7, 11) is 0. The minimum absolute atomic E-state index is 0.0144. The third-order valence-corrected chi connectivity index (χ3v) is 10.9. The zero-order chi connectivity index (χ0) is 32.7. The van der Waals surface area contributed by atoms with Crippen LogP contribution in [0.2, 0.25) is 0 Å². The van der Waals surface area contributed by atoms with Gasteiger partial charge in [-0.3, -0.25) is 10.1 Å². The number of halogens is 3. The maximum atomic E-state index is 17.1. The molecule has 2 atom stereocenters. The monoisotopic (exact) mass is 642 g/mol. The summed E-state index contributed by atoms with van der Waals surface area (Å²) in [4.78, 5) is 23.3. The molecule has 3 aromatic carbocycles. The van der Waals surface area contributed by atoms with E-state index >= 15 is 4.39 Å². The van der Waals surface area contributed by atoms with Crippen LogP contribution in [0.25, 0.3) is 32.8 Å². The van der Waals surface area contributed by atoms with Crippen LogP contribution in [0.1, 0.15) is 56.9 Å². The maximum Gasteiger partial charge on any atom is 0.319 e. The van der Waals surface area contributed by atoms with E-state index in [-0.39, 0.29) is 63.2 Å². The van der Waals surface area contributed by atoms with Crippen LogP contribution in [0.4, 0.5) is 30.4 Å². The molecule has 0 spiro atoms. The average Bonchev–Trinajstić information content (AvgIpc) is 3.40. The second-order valence-electron chi connectivity index (χ2n) is 13.8. The van der Waals surface area contributed by atoms with Gasteiger partial charge in [-0.25, -0.2) is 13.2 Å². The molecule has 2 aliphatic heterocycles. The molecule has 9 nitrogen and oxygen atoms in total. The molecule has 3 saturated carbocycles. The quantitative estimate of drug-likeness (QED) is 0.105. The van der Waals surface area contributed by atoms with Gasteiger partial charge in [-0.15, -0.1) is 6.42 Å². The van der Waals surface area contributed by atoms with Gasteiger partial charge in [0.2, 0.25) is 0 Å². The smallest absolute Gasteiger partial charge is 0.319 e. The van der Waals surface area contributed by atoms with Gasteiger partial charge in [0.1, 0.15) is 22.8 Å². The van der Waals surface area contributed by atoms with Gasteiger partial charge < -0.3 is 20.7 Å². The van der Waals surface area contributed by atoms with Crippen LogP contribution < -0.4 is 20.7 Å². The lowest BCUT2D eigenvalue weighted by Crippen LogP contribution is -2.51. The molecule has 1 aromatic heterocycles. The molecule has 0 radical (unpaired) electrons.